The molecule has 2 atom stereocenters. The van der Waals surface area contributed by atoms with Gasteiger partial charge in [-0.1, -0.05) is 20.3 Å². The van der Waals surface area contributed by atoms with Gasteiger partial charge in [-0.05, 0) is 64.0 Å². The molecule has 0 amide bonds. The summed E-state index contributed by atoms with van der Waals surface area (Å²) in [4.78, 5) is 2.64. The van der Waals surface area contributed by atoms with Crippen molar-refractivity contribution in [2.75, 3.05) is 20.1 Å². The Morgan fingerprint density at radius 2 is 1.83 bits per heavy atom. The first kappa shape index (κ1) is 14.3. The maximum absolute atomic E-state index is 3.72. The SMILES string of the molecule is CCC1CCC(N(C)CC2NCCCC2C)CC1. The molecule has 2 heteroatoms. The Balaban J connectivity index is 1.75. The van der Waals surface area contributed by atoms with Gasteiger partial charge in [-0.15, -0.1) is 0 Å². The second-order valence-corrected chi connectivity index (χ2v) is 6.70. The van der Waals surface area contributed by atoms with E-state index in [2.05, 4.69) is 31.1 Å². The van der Waals surface area contributed by atoms with Crippen LogP contribution in [0.1, 0.15) is 58.8 Å². The molecule has 2 unspecified atom stereocenters. The molecule has 106 valence electrons. The molecule has 1 aliphatic heterocycles. The minimum atomic E-state index is 0.729. The van der Waals surface area contributed by atoms with Gasteiger partial charge in [0.1, 0.15) is 0 Å². The Morgan fingerprint density at radius 3 is 2.44 bits per heavy atom. The van der Waals surface area contributed by atoms with Gasteiger partial charge in [0.25, 0.3) is 0 Å². The minimum absolute atomic E-state index is 0.729. The van der Waals surface area contributed by atoms with E-state index in [1.165, 1.54) is 58.0 Å². The van der Waals surface area contributed by atoms with Crippen molar-refractivity contribution in [3.63, 3.8) is 0 Å². The predicted octanol–water partition coefficient (Wildman–Crippen LogP) is 3.28. The third kappa shape index (κ3) is 3.71. The Morgan fingerprint density at radius 1 is 1.11 bits per heavy atom. The molecule has 2 nitrogen and oxygen atoms in total. The molecular formula is C16H32N2. The second kappa shape index (κ2) is 6.91. The van der Waals surface area contributed by atoms with Gasteiger partial charge in [0.2, 0.25) is 0 Å². The van der Waals surface area contributed by atoms with E-state index in [0.29, 0.717) is 0 Å². The van der Waals surface area contributed by atoms with Crippen molar-refractivity contribution in [1.29, 1.82) is 0 Å². The van der Waals surface area contributed by atoms with Crippen molar-refractivity contribution in [3.8, 4) is 0 Å². The summed E-state index contributed by atoms with van der Waals surface area (Å²) in [5.74, 6) is 1.87. The molecule has 2 aliphatic rings. The van der Waals surface area contributed by atoms with E-state index in [9.17, 15) is 0 Å². The maximum atomic E-state index is 3.72. The molecule has 1 aliphatic carbocycles. The number of likely N-dealkylation sites (N-methyl/N-ethyl adjacent to an activating group) is 1. The van der Waals surface area contributed by atoms with Crippen LogP contribution in [0.3, 0.4) is 0 Å². The molecule has 2 fully saturated rings. The topological polar surface area (TPSA) is 15.3 Å². The molecule has 0 radical (unpaired) electrons. The van der Waals surface area contributed by atoms with Gasteiger partial charge in [-0.2, -0.15) is 0 Å². The Labute approximate surface area is 114 Å². The quantitative estimate of drug-likeness (QED) is 0.826. The van der Waals surface area contributed by atoms with E-state index in [1.807, 2.05) is 0 Å². The standard InChI is InChI=1S/C16H32N2/c1-4-14-7-9-15(10-8-14)18(3)12-16-13(2)6-5-11-17-16/h13-17H,4-12H2,1-3H3. The van der Waals surface area contributed by atoms with Crippen LogP contribution in [0.15, 0.2) is 0 Å². The second-order valence-electron chi connectivity index (χ2n) is 6.70. The first-order chi connectivity index (χ1) is 8.70. The van der Waals surface area contributed by atoms with Gasteiger partial charge >= 0.3 is 0 Å². The maximum Gasteiger partial charge on any atom is 0.0220 e. The fourth-order valence-electron chi connectivity index (χ4n) is 3.81. The average Bonchev–Trinajstić information content (AvgIpc) is 2.41. The number of rotatable bonds is 4. The fraction of sp³-hybridized carbons (Fsp3) is 1.00. The van der Waals surface area contributed by atoms with E-state index in [0.717, 1.165) is 23.9 Å². The summed E-state index contributed by atoms with van der Waals surface area (Å²) >= 11 is 0. The third-order valence-corrected chi connectivity index (χ3v) is 5.43. The van der Waals surface area contributed by atoms with Crippen LogP contribution in [-0.4, -0.2) is 37.1 Å². The van der Waals surface area contributed by atoms with Crippen LogP contribution in [0.2, 0.25) is 0 Å². The molecule has 0 aromatic carbocycles. The molecule has 1 saturated heterocycles. The van der Waals surface area contributed by atoms with Crippen molar-refractivity contribution in [2.45, 2.75) is 70.9 Å². The largest absolute Gasteiger partial charge is 0.312 e. The molecule has 1 heterocycles. The normalized spacial score (nSPS) is 38.0. The van der Waals surface area contributed by atoms with E-state index in [1.54, 1.807) is 0 Å². The van der Waals surface area contributed by atoms with Crippen LogP contribution < -0.4 is 5.32 Å². The van der Waals surface area contributed by atoms with E-state index in [4.69, 9.17) is 0 Å². The Kier molecular flexibility index (Phi) is 5.50. The average molecular weight is 252 g/mol. The van der Waals surface area contributed by atoms with Gasteiger partial charge in [-0.3, -0.25) is 0 Å². The summed E-state index contributed by atoms with van der Waals surface area (Å²) in [5, 5.41) is 3.72. The number of hydrogen-bond donors (Lipinski definition) is 1. The predicted molar refractivity (Wildman–Crippen MR) is 78.9 cm³/mol. The van der Waals surface area contributed by atoms with Crippen LogP contribution in [0.5, 0.6) is 0 Å². The zero-order valence-electron chi connectivity index (χ0n) is 12.6. The molecule has 0 aromatic rings. The molecule has 0 spiro atoms. The van der Waals surface area contributed by atoms with Crippen molar-refractivity contribution in [3.05, 3.63) is 0 Å². The summed E-state index contributed by atoms with van der Waals surface area (Å²) in [6, 6.07) is 1.58. The van der Waals surface area contributed by atoms with Gasteiger partial charge in [0, 0.05) is 18.6 Å². The minimum Gasteiger partial charge on any atom is -0.312 e. The van der Waals surface area contributed by atoms with Crippen molar-refractivity contribution < 1.29 is 0 Å². The highest BCUT2D eigenvalue weighted by atomic mass is 15.2. The van der Waals surface area contributed by atoms with Crippen LogP contribution in [-0.2, 0) is 0 Å². The summed E-state index contributed by atoms with van der Waals surface area (Å²) in [6.45, 7) is 7.25. The molecule has 2 rings (SSSR count). The summed E-state index contributed by atoms with van der Waals surface area (Å²) in [5.41, 5.74) is 0. The highest BCUT2D eigenvalue weighted by molar-refractivity contribution is 4.84. The van der Waals surface area contributed by atoms with Crippen molar-refractivity contribution in [1.82, 2.24) is 10.2 Å². The van der Waals surface area contributed by atoms with E-state index < -0.39 is 0 Å². The first-order valence-corrected chi connectivity index (χ1v) is 8.14. The molecule has 0 aromatic heterocycles. The van der Waals surface area contributed by atoms with Crippen molar-refractivity contribution in [2.24, 2.45) is 11.8 Å². The van der Waals surface area contributed by atoms with Gasteiger partial charge in [0.15, 0.2) is 0 Å². The Bertz CT molecular complexity index is 233. The van der Waals surface area contributed by atoms with Gasteiger partial charge in [0.05, 0.1) is 0 Å². The number of hydrogen-bond acceptors (Lipinski definition) is 2. The summed E-state index contributed by atoms with van der Waals surface area (Å²) < 4.78 is 0. The van der Waals surface area contributed by atoms with Crippen molar-refractivity contribution >= 4 is 0 Å². The molecular weight excluding hydrogens is 220 g/mol. The highest BCUT2D eigenvalue weighted by Crippen LogP contribution is 2.29. The lowest BCUT2D eigenvalue weighted by Gasteiger charge is -2.39. The van der Waals surface area contributed by atoms with Crippen LogP contribution >= 0.6 is 0 Å². The fourth-order valence-corrected chi connectivity index (χ4v) is 3.81. The van der Waals surface area contributed by atoms with Crippen LogP contribution in [0.4, 0.5) is 0 Å². The number of nitrogens with one attached hydrogen (secondary N) is 1. The smallest absolute Gasteiger partial charge is 0.0220 e. The zero-order chi connectivity index (χ0) is 13.0. The highest BCUT2D eigenvalue weighted by Gasteiger charge is 2.27. The molecule has 0 bridgehead atoms. The van der Waals surface area contributed by atoms with Crippen LogP contribution in [0.25, 0.3) is 0 Å². The lowest BCUT2D eigenvalue weighted by Crippen LogP contribution is -2.49. The lowest BCUT2D eigenvalue weighted by atomic mass is 9.83. The number of nitrogens with zero attached hydrogens (tertiary/aromatic N) is 1. The molecule has 1 N–H and O–H groups in total. The van der Waals surface area contributed by atoms with E-state index >= 15 is 0 Å². The summed E-state index contributed by atoms with van der Waals surface area (Å²) in [7, 11) is 2.35. The van der Waals surface area contributed by atoms with Crippen LogP contribution in [0, 0.1) is 11.8 Å². The molecule has 18 heavy (non-hydrogen) atoms. The third-order valence-electron chi connectivity index (χ3n) is 5.43. The monoisotopic (exact) mass is 252 g/mol. The van der Waals surface area contributed by atoms with E-state index in [-0.39, 0.29) is 0 Å². The zero-order valence-corrected chi connectivity index (χ0v) is 12.6. The first-order valence-electron chi connectivity index (χ1n) is 8.14. The molecule has 1 saturated carbocycles. The lowest BCUT2D eigenvalue weighted by molar-refractivity contribution is 0.131. The Hall–Kier alpha value is -0.0800. The summed E-state index contributed by atoms with van der Waals surface area (Å²) in [6.07, 6.45) is 9.93. The number of piperidine rings is 1. The van der Waals surface area contributed by atoms with Gasteiger partial charge < -0.3 is 10.2 Å². The van der Waals surface area contributed by atoms with Gasteiger partial charge in [-0.25, -0.2) is 0 Å².